The van der Waals surface area contributed by atoms with Crippen LogP contribution in [0.1, 0.15) is 16.1 Å². The first-order valence-electron chi connectivity index (χ1n) is 7.92. The second-order valence-electron chi connectivity index (χ2n) is 5.90. The van der Waals surface area contributed by atoms with E-state index >= 15 is 0 Å². The van der Waals surface area contributed by atoms with Crippen molar-refractivity contribution < 1.29 is 9.21 Å². The maximum atomic E-state index is 12.6. The molecule has 4 rings (SSSR count). The minimum absolute atomic E-state index is 0.0672. The van der Waals surface area contributed by atoms with Gasteiger partial charge in [-0.1, -0.05) is 17.7 Å². The monoisotopic (exact) mass is 364 g/mol. The van der Waals surface area contributed by atoms with Crippen LogP contribution < -0.4 is 10.7 Å². The molecule has 0 aliphatic carbocycles. The van der Waals surface area contributed by atoms with Crippen molar-refractivity contribution in [2.75, 3.05) is 5.32 Å². The highest BCUT2D eigenvalue weighted by Crippen LogP contribution is 2.25. The number of hydrogen-bond acceptors (Lipinski definition) is 4. The molecule has 1 amide bonds. The van der Waals surface area contributed by atoms with E-state index in [1.54, 1.807) is 30.5 Å². The van der Waals surface area contributed by atoms with E-state index in [1.807, 2.05) is 19.1 Å². The zero-order chi connectivity index (χ0) is 18.3. The van der Waals surface area contributed by atoms with Crippen LogP contribution in [0.5, 0.6) is 0 Å². The average molecular weight is 365 g/mol. The first kappa shape index (κ1) is 16.3. The molecule has 0 spiro atoms. The molecule has 2 aromatic carbocycles. The second-order valence-corrected chi connectivity index (χ2v) is 6.34. The van der Waals surface area contributed by atoms with Gasteiger partial charge < -0.3 is 9.73 Å². The van der Waals surface area contributed by atoms with Gasteiger partial charge in [-0.25, -0.2) is 0 Å². The molecule has 0 aliphatic rings. The third kappa shape index (κ3) is 2.82. The van der Waals surface area contributed by atoms with E-state index in [1.165, 1.54) is 12.1 Å². The van der Waals surface area contributed by atoms with E-state index in [0.29, 0.717) is 21.7 Å². The number of fused-ring (bicyclic) bond motifs is 2. The standard InChI is InChI=1S/C20H13ClN2O3/c1-11-4-6-15(13-3-2-8-22-19(11)13)23-20(25)18-10-16(24)14-9-12(21)5-7-17(14)26-18/h2-10H,1H3,(H,23,25). The zero-order valence-corrected chi connectivity index (χ0v) is 14.5. The van der Waals surface area contributed by atoms with Crippen LogP contribution in [-0.2, 0) is 0 Å². The van der Waals surface area contributed by atoms with Crippen molar-refractivity contribution in [3.63, 3.8) is 0 Å². The summed E-state index contributed by atoms with van der Waals surface area (Å²) in [7, 11) is 0. The smallest absolute Gasteiger partial charge is 0.291 e. The Labute approximate surface area is 153 Å². The molecule has 6 heteroatoms. The lowest BCUT2D eigenvalue weighted by Gasteiger charge is -2.10. The van der Waals surface area contributed by atoms with E-state index < -0.39 is 5.91 Å². The number of aromatic nitrogens is 1. The number of rotatable bonds is 2. The quantitative estimate of drug-likeness (QED) is 0.566. The lowest BCUT2D eigenvalue weighted by atomic mass is 10.1. The van der Waals surface area contributed by atoms with Crippen LogP contribution in [0.3, 0.4) is 0 Å². The van der Waals surface area contributed by atoms with Gasteiger partial charge in [0.05, 0.1) is 16.6 Å². The minimum atomic E-state index is -0.507. The lowest BCUT2D eigenvalue weighted by molar-refractivity contribution is 0.0997. The fourth-order valence-corrected chi connectivity index (χ4v) is 3.02. The molecule has 0 atom stereocenters. The van der Waals surface area contributed by atoms with Gasteiger partial charge in [0.15, 0.2) is 11.2 Å². The number of nitrogens with zero attached hydrogens (tertiary/aromatic N) is 1. The highest BCUT2D eigenvalue weighted by molar-refractivity contribution is 6.31. The van der Waals surface area contributed by atoms with Gasteiger partial charge in [-0.2, -0.15) is 0 Å². The Kier molecular flexibility index (Phi) is 3.93. The molecule has 128 valence electrons. The summed E-state index contributed by atoms with van der Waals surface area (Å²) in [6, 6.07) is 13.2. The molecular weight excluding hydrogens is 352 g/mol. The molecule has 1 N–H and O–H groups in total. The summed E-state index contributed by atoms with van der Waals surface area (Å²) >= 11 is 5.90. The number of aryl methyl sites for hydroxylation is 1. The first-order chi connectivity index (χ1) is 12.5. The molecule has 2 heterocycles. The van der Waals surface area contributed by atoms with Gasteiger partial charge in [0.25, 0.3) is 5.91 Å². The molecule has 5 nitrogen and oxygen atoms in total. The normalized spacial score (nSPS) is 11.0. The fourth-order valence-electron chi connectivity index (χ4n) is 2.85. The Morgan fingerprint density at radius 2 is 1.96 bits per heavy atom. The summed E-state index contributed by atoms with van der Waals surface area (Å²) < 4.78 is 5.58. The van der Waals surface area contributed by atoms with Gasteiger partial charge in [0.2, 0.25) is 0 Å². The number of benzene rings is 2. The van der Waals surface area contributed by atoms with Crippen molar-refractivity contribution in [2.24, 2.45) is 0 Å². The Morgan fingerprint density at radius 3 is 2.81 bits per heavy atom. The predicted octanol–water partition coefficient (Wildman–Crippen LogP) is 4.56. The van der Waals surface area contributed by atoms with E-state index in [2.05, 4.69) is 10.3 Å². The van der Waals surface area contributed by atoms with Crippen molar-refractivity contribution in [1.82, 2.24) is 4.98 Å². The third-order valence-corrected chi connectivity index (χ3v) is 4.37. The number of carbonyl (C=O) groups excluding carboxylic acids is 1. The van der Waals surface area contributed by atoms with Crippen LogP contribution in [0.4, 0.5) is 5.69 Å². The molecular formula is C20H13ClN2O3. The van der Waals surface area contributed by atoms with Crippen molar-refractivity contribution in [3.05, 3.63) is 81.3 Å². The van der Waals surface area contributed by atoms with Crippen molar-refractivity contribution in [1.29, 1.82) is 0 Å². The maximum absolute atomic E-state index is 12.6. The number of halogens is 1. The van der Waals surface area contributed by atoms with Crippen LogP contribution in [0.15, 0.2) is 63.9 Å². The lowest BCUT2D eigenvalue weighted by Crippen LogP contribution is -2.15. The molecule has 26 heavy (non-hydrogen) atoms. The highest BCUT2D eigenvalue weighted by atomic mass is 35.5. The summed E-state index contributed by atoms with van der Waals surface area (Å²) in [6.45, 7) is 1.95. The first-order valence-corrected chi connectivity index (χ1v) is 8.30. The minimum Gasteiger partial charge on any atom is -0.451 e. The largest absolute Gasteiger partial charge is 0.451 e. The second kappa shape index (κ2) is 6.28. The van der Waals surface area contributed by atoms with E-state index in [9.17, 15) is 9.59 Å². The Balaban J connectivity index is 1.76. The number of anilines is 1. The number of nitrogens with one attached hydrogen (secondary N) is 1. The molecule has 0 aliphatic heterocycles. The summed E-state index contributed by atoms with van der Waals surface area (Å²) in [6.07, 6.45) is 1.70. The molecule has 0 saturated carbocycles. The molecule has 2 aromatic heterocycles. The number of pyridine rings is 1. The van der Waals surface area contributed by atoms with Crippen LogP contribution in [0, 0.1) is 6.92 Å². The molecule has 0 unspecified atom stereocenters. The Hall–Kier alpha value is -3.18. The zero-order valence-electron chi connectivity index (χ0n) is 13.7. The number of amides is 1. The van der Waals surface area contributed by atoms with Gasteiger partial charge >= 0.3 is 0 Å². The molecule has 0 saturated heterocycles. The van der Waals surface area contributed by atoms with E-state index in [4.69, 9.17) is 16.0 Å². The van der Waals surface area contributed by atoms with Gasteiger partial charge in [-0.05, 0) is 48.9 Å². The molecule has 0 fully saturated rings. The molecule has 4 aromatic rings. The van der Waals surface area contributed by atoms with Gasteiger partial charge in [0, 0.05) is 22.7 Å². The summed E-state index contributed by atoms with van der Waals surface area (Å²) in [4.78, 5) is 29.2. The highest BCUT2D eigenvalue weighted by Gasteiger charge is 2.14. The summed E-state index contributed by atoms with van der Waals surface area (Å²) in [5.74, 6) is -0.574. The molecule has 0 bridgehead atoms. The summed E-state index contributed by atoms with van der Waals surface area (Å²) in [5, 5.41) is 4.37. The maximum Gasteiger partial charge on any atom is 0.291 e. The SMILES string of the molecule is Cc1ccc(NC(=O)c2cc(=O)c3cc(Cl)ccc3o2)c2cccnc12. The van der Waals surface area contributed by atoms with Gasteiger partial charge in [0.1, 0.15) is 5.58 Å². The third-order valence-electron chi connectivity index (χ3n) is 4.13. The topological polar surface area (TPSA) is 72.2 Å². The Bertz CT molecular complexity index is 1230. The Morgan fingerprint density at radius 1 is 1.12 bits per heavy atom. The van der Waals surface area contributed by atoms with Crippen molar-refractivity contribution in [2.45, 2.75) is 6.92 Å². The van der Waals surface area contributed by atoms with Crippen molar-refractivity contribution in [3.8, 4) is 0 Å². The van der Waals surface area contributed by atoms with Crippen LogP contribution >= 0.6 is 11.6 Å². The van der Waals surface area contributed by atoms with Crippen molar-refractivity contribution >= 4 is 45.1 Å². The van der Waals surface area contributed by atoms with E-state index in [0.717, 1.165) is 16.5 Å². The number of hydrogen-bond donors (Lipinski definition) is 1. The predicted molar refractivity (Wildman–Crippen MR) is 102 cm³/mol. The van der Waals surface area contributed by atoms with Gasteiger partial charge in [-0.15, -0.1) is 0 Å². The number of carbonyl (C=O) groups is 1. The molecule has 0 radical (unpaired) electrons. The van der Waals surface area contributed by atoms with E-state index in [-0.39, 0.29) is 11.2 Å². The van der Waals surface area contributed by atoms with Crippen LogP contribution in [0.2, 0.25) is 5.02 Å². The van der Waals surface area contributed by atoms with Crippen LogP contribution in [0.25, 0.3) is 21.9 Å². The summed E-state index contributed by atoms with van der Waals surface area (Å²) in [5.41, 5.74) is 2.40. The average Bonchev–Trinajstić information content (AvgIpc) is 2.64. The van der Waals surface area contributed by atoms with Gasteiger partial charge in [-0.3, -0.25) is 14.6 Å². The van der Waals surface area contributed by atoms with Crippen LogP contribution in [-0.4, -0.2) is 10.9 Å². The fraction of sp³-hybridized carbons (Fsp3) is 0.0500.